The molecule has 0 aromatic carbocycles. The van der Waals surface area contributed by atoms with E-state index in [0.29, 0.717) is 40.4 Å². The topological polar surface area (TPSA) is 48.9 Å². The molecule has 3 nitrogen and oxygen atoms in total. The number of aliphatic hydroxyl groups excluding tert-OH is 1. The highest BCUT2D eigenvalue weighted by atomic mass is 16.3. The normalized spacial score (nSPS) is 52.3. The number of allylic oxidation sites excluding steroid dienone is 2. The molecule has 4 aliphatic carbocycles. The lowest BCUT2D eigenvalue weighted by Gasteiger charge is -2.63. The molecule has 4 aliphatic rings. The monoisotopic (exact) mass is 326 g/mol. The van der Waals surface area contributed by atoms with Crippen LogP contribution in [-0.2, 0) is 12.8 Å². The van der Waals surface area contributed by atoms with Gasteiger partial charge in [-0.3, -0.25) is 5.10 Å². The lowest BCUT2D eigenvalue weighted by molar-refractivity contribution is -0.172. The van der Waals surface area contributed by atoms with Gasteiger partial charge in [0.15, 0.2) is 0 Å². The highest BCUT2D eigenvalue weighted by molar-refractivity contribution is 5.27. The maximum atomic E-state index is 11.3. The molecule has 2 fully saturated rings. The first kappa shape index (κ1) is 15.2. The van der Waals surface area contributed by atoms with E-state index in [1.165, 1.54) is 30.5 Å². The van der Waals surface area contributed by atoms with E-state index in [0.717, 1.165) is 12.8 Å². The first-order chi connectivity index (χ1) is 11.4. The van der Waals surface area contributed by atoms with Crippen LogP contribution in [0.5, 0.6) is 0 Å². The Bertz CT molecular complexity index is 694. The molecule has 2 N–H and O–H groups in total. The Balaban J connectivity index is 1.59. The van der Waals surface area contributed by atoms with Crippen molar-refractivity contribution in [1.29, 1.82) is 0 Å². The maximum absolute atomic E-state index is 11.3. The molecule has 1 aromatic rings. The minimum absolute atomic E-state index is 0.151. The third kappa shape index (κ3) is 1.75. The molecule has 130 valence electrons. The average Bonchev–Trinajstić information content (AvgIpc) is 3.15. The minimum Gasteiger partial charge on any atom is -0.393 e. The van der Waals surface area contributed by atoms with E-state index in [-0.39, 0.29) is 6.10 Å². The molecule has 1 aromatic heterocycles. The average molecular weight is 326 g/mol. The molecule has 0 unspecified atom stereocenters. The van der Waals surface area contributed by atoms with Crippen LogP contribution in [0.3, 0.4) is 0 Å². The Morgan fingerprint density at radius 3 is 2.92 bits per heavy atom. The van der Waals surface area contributed by atoms with Crippen LogP contribution in [0.4, 0.5) is 0 Å². The van der Waals surface area contributed by atoms with Gasteiger partial charge in [0.2, 0.25) is 0 Å². The summed E-state index contributed by atoms with van der Waals surface area (Å²) >= 11 is 0. The molecule has 1 heterocycles. The molecule has 5 rings (SSSR count). The predicted octanol–water partition coefficient (Wildman–Crippen LogP) is 3.75. The number of hydrogen-bond acceptors (Lipinski definition) is 2. The van der Waals surface area contributed by atoms with Crippen molar-refractivity contribution < 1.29 is 5.11 Å². The summed E-state index contributed by atoms with van der Waals surface area (Å²) in [6.45, 7) is 7.26. The van der Waals surface area contributed by atoms with Crippen LogP contribution in [-0.4, -0.2) is 21.4 Å². The second-order valence-electron chi connectivity index (χ2n) is 9.69. The third-order valence-corrected chi connectivity index (χ3v) is 8.72. The van der Waals surface area contributed by atoms with Crippen molar-refractivity contribution in [3.63, 3.8) is 0 Å². The number of nitrogens with one attached hydrogen (secondary N) is 1. The van der Waals surface area contributed by atoms with Gasteiger partial charge in [-0.05, 0) is 78.1 Å². The first-order valence-corrected chi connectivity index (χ1v) is 9.81. The molecule has 8 atom stereocenters. The summed E-state index contributed by atoms with van der Waals surface area (Å²) in [5.41, 5.74) is 3.37. The Hall–Kier alpha value is -1.09. The molecule has 0 radical (unpaired) electrons. The van der Waals surface area contributed by atoms with Crippen LogP contribution in [0, 0.1) is 40.4 Å². The van der Waals surface area contributed by atoms with Gasteiger partial charge in [-0.15, -0.1) is 0 Å². The molecule has 3 heteroatoms. The zero-order valence-corrected chi connectivity index (χ0v) is 15.1. The first-order valence-electron chi connectivity index (χ1n) is 9.81. The largest absolute Gasteiger partial charge is 0.393 e. The van der Waals surface area contributed by atoms with Crippen molar-refractivity contribution in [1.82, 2.24) is 10.2 Å². The molecule has 0 saturated heterocycles. The van der Waals surface area contributed by atoms with Gasteiger partial charge < -0.3 is 5.11 Å². The summed E-state index contributed by atoms with van der Waals surface area (Å²) in [5, 5.41) is 18.9. The van der Waals surface area contributed by atoms with E-state index in [1.807, 2.05) is 6.20 Å². The summed E-state index contributed by atoms with van der Waals surface area (Å²) in [7, 11) is 0. The Morgan fingerprint density at radius 2 is 2.08 bits per heavy atom. The van der Waals surface area contributed by atoms with Crippen molar-refractivity contribution >= 4 is 0 Å². The number of aromatic amines is 1. The van der Waals surface area contributed by atoms with Gasteiger partial charge >= 0.3 is 0 Å². The van der Waals surface area contributed by atoms with Crippen LogP contribution < -0.4 is 0 Å². The Morgan fingerprint density at radius 1 is 1.25 bits per heavy atom. The number of rotatable bonds is 0. The molecular weight excluding hydrogens is 296 g/mol. The van der Waals surface area contributed by atoms with Gasteiger partial charge in [-0.25, -0.2) is 0 Å². The van der Waals surface area contributed by atoms with Crippen LogP contribution in [0.25, 0.3) is 0 Å². The number of aliphatic hydroxyl groups is 1. The molecule has 2 saturated carbocycles. The number of hydrogen-bond donors (Lipinski definition) is 2. The quantitative estimate of drug-likeness (QED) is 0.713. The predicted molar refractivity (Wildman–Crippen MR) is 94.3 cm³/mol. The van der Waals surface area contributed by atoms with Crippen LogP contribution in [0.2, 0.25) is 0 Å². The highest BCUT2D eigenvalue weighted by Crippen LogP contribution is 2.65. The van der Waals surface area contributed by atoms with Crippen LogP contribution in [0.15, 0.2) is 18.3 Å². The van der Waals surface area contributed by atoms with E-state index in [4.69, 9.17) is 0 Å². The second kappa shape index (κ2) is 4.75. The van der Waals surface area contributed by atoms with Gasteiger partial charge in [-0.2, -0.15) is 5.10 Å². The summed E-state index contributed by atoms with van der Waals surface area (Å²) < 4.78 is 0. The van der Waals surface area contributed by atoms with Crippen LogP contribution >= 0.6 is 0 Å². The van der Waals surface area contributed by atoms with Crippen molar-refractivity contribution in [3.05, 3.63) is 29.6 Å². The zero-order valence-electron chi connectivity index (χ0n) is 15.1. The molecular formula is C21H30N2O. The van der Waals surface area contributed by atoms with Gasteiger partial charge in [0.25, 0.3) is 0 Å². The number of aromatic nitrogens is 2. The third-order valence-electron chi connectivity index (χ3n) is 8.72. The smallest absolute Gasteiger partial charge is 0.0602 e. The SMILES string of the molecule is C[C@H]1[C@H](O)[C@@H]2[C@H](CC[C@]3(C)C=CC[C@@H]23)[C@@]2(C)Cc3cn[nH]c3C[C@H]12. The fourth-order valence-electron chi connectivity index (χ4n) is 7.37. The summed E-state index contributed by atoms with van der Waals surface area (Å²) in [4.78, 5) is 0. The van der Waals surface area contributed by atoms with Crippen molar-refractivity contribution in [3.8, 4) is 0 Å². The number of fused-ring (bicyclic) bond motifs is 6. The maximum Gasteiger partial charge on any atom is 0.0602 e. The van der Waals surface area contributed by atoms with Crippen molar-refractivity contribution in [2.24, 2.45) is 40.4 Å². The van der Waals surface area contributed by atoms with Crippen molar-refractivity contribution in [2.75, 3.05) is 0 Å². The molecule has 0 spiro atoms. The van der Waals surface area contributed by atoms with E-state index < -0.39 is 0 Å². The fourth-order valence-corrected chi connectivity index (χ4v) is 7.37. The molecule has 0 bridgehead atoms. The summed E-state index contributed by atoms with van der Waals surface area (Å²) in [6.07, 6.45) is 12.7. The van der Waals surface area contributed by atoms with Crippen LogP contribution in [0.1, 0.15) is 51.3 Å². The fraction of sp³-hybridized carbons (Fsp3) is 0.762. The van der Waals surface area contributed by atoms with Gasteiger partial charge in [0.05, 0.1) is 12.3 Å². The number of nitrogens with zero attached hydrogens (tertiary/aromatic N) is 1. The molecule has 24 heavy (non-hydrogen) atoms. The van der Waals surface area contributed by atoms with E-state index >= 15 is 0 Å². The van der Waals surface area contributed by atoms with Gasteiger partial charge in [0.1, 0.15) is 0 Å². The lowest BCUT2D eigenvalue weighted by Crippen LogP contribution is -2.61. The zero-order chi connectivity index (χ0) is 16.7. The van der Waals surface area contributed by atoms with E-state index in [9.17, 15) is 5.11 Å². The Kier molecular flexibility index (Phi) is 3.01. The summed E-state index contributed by atoms with van der Waals surface area (Å²) in [6, 6.07) is 0. The van der Waals surface area contributed by atoms with Crippen molar-refractivity contribution in [2.45, 2.75) is 59.0 Å². The Labute approximate surface area is 144 Å². The number of H-pyrrole nitrogens is 1. The van der Waals surface area contributed by atoms with Gasteiger partial charge in [0, 0.05) is 5.69 Å². The standard InChI is InChI=1S/C21H30N2O/c1-12-16-9-17-13(11-22-23-17)10-21(16,3)15-6-8-20(2)7-4-5-14(20)18(15)19(12)24/h4,7,11-12,14-16,18-19,24H,5-6,8-10H2,1-3H3,(H,22,23)/t12-,14+,15+,16-,18+,19+,20+,21-/m1/s1. The molecule has 0 aliphatic heterocycles. The summed E-state index contributed by atoms with van der Waals surface area (Å²) in [5.74, 6) is 2.69. The van der Waals surface area contributed by atoms with Gasteiger partial charge in [-0.1, -0.05) is 32.9 Å². The minimum atomic E-state index is -0.151. The lowest BCUT2D eigenvalue weighted by atomic mass is 9.42. The highest BCUT2D eigenvalue weighted by Gasteiger charge is 2.61. The molecule has 0 amide bonds. The van der Waals surface area contributed by atoms with E-state index in [1.54, 1.807) is 0 Å². The second-order valence-corrected chi connectivity index (χ2v) is 9.69. The van der Waals surface area contributed by atoms with E-state index in [2.05, 4.69) is 43.1 Å².